The van der Waals surface area contributed by atoms with E-state index in [1.165, 1.54) is 0 Å². The minimum Gasteiger partial charge on any atom is -0.290 e. The largest absolute Gasteiger partial charge is 0.290 e. The maximum absolute atomic E-state index is 10.4. The number of pyridine rings is 2. The van der Waals surface area contributed by atoms with Crippen molar-refractivity contribution in [2.45, 2.75) is 0 Å². The second kappa shape index (κ2) is 10.5. The quantitative estimate of drug-likeness (QED) is 0.172. The van der Waals surface area contributed by atoms with Gasteiger partial charge in [0.1, 0.15) is 34.5 Å². The lowest BCUT2D eigenvalue weighted by molar-refractivity contribution is 1.23. The number of rotatable bonds is 2. The van der Waals surface area contributed by atoms with E-state index in [0.29, 0.717) is 56.0 Å². The second-order valence-electron chi connectivity index (χ2n) is 13.9. The third-order valence-electron chi connectivity index (χ3n) is 11.1. The molecular formula is C46H18N10. The highest BCUT2D eigenvalue weighted by molar-refractivity contribution is 6.39. The van der Waals surface area contributed by atoms with Gasteiger partial charge in [-0.25, -0.2) is 19.9 Å². The number of nitrogens with zero attached hydrogens (tertiary/aromatic N) is 10. The summed E-state index contributed by atoms with van der Waals surface area (Å²) in [6, 6.07) is 40.3. The lowest BCUT2D eigenvalue weighted by Gasteiger charge is -2.13. The Labute approximate surface area is 314 Å². The van der Waals surface area contributed by atoms with Crippen molar-refractivity contribution < 1.29 is 0 Å². The molecular weight excluding hydrogens is 693 g/mol. The molecule has 0 fully saturated rings. The minimum atomic E-state index is 0.406. The number of nitriles is 4. The molecule has 0 N–H and O–H groups in total. The Morgan fingerprint density at radius 2 is 0.786 bits per heavy atom. The number of hydrogen-bond donors (Lipinski definition) is 0. The molecule has 7 heterocycles. The monoisotopic (exact) mass is 710 g/mol. The summed E-state index contributed by atoms with van der Waals surface area (Å²) in [6.45, 7) is 0. The Hall–Kier alpha value is -8.70. The summed E-state index contributed by atoms with van der Waals surface area (Å²) in [5, 5.41) is 46.8. The van der Waals surface area contributed by atoms with Crippen LogP contribution in [0.25, 0.3) is 110 Å². The summed E-state index contributed by atoms with van der Waals surface area (Å²) < 4.78 is 4.23. The first kappa shape index (κ1) is 29.8. The van der Waals surface area contributed by atoms with Crippen LogP contribution in [0.3, 0.4) is 0 Å². The van der Waals surface area contributed by atoms with Crippen LogP contribution in [0.5, 0.6) is 0 Å². The van der Waals surface area contributed by atoms with E-state index in [1.807, 2.05) is 97.1 Å². The normalized spacial score (nSPS) is 11.9. The van der Waals surface area contributed by atoms with Gasteiger partial charge < -0.3 is 0 Å². The zero-order valence-corrected chi connectivity index (χ0v) is 28.9. The van der Waals surface area contributed by atoms with Crippen molar-refractivity contribution in [1.82, 2.24) is 28.7 Å². The predicted octanol–water partition coefficient (Wildman–Crippen LogP) is 9.54. The number of aromatic nitrogens is 6. The van der Waals surface area contributed by atoms with E-state index in [1.54, 1.807) is 12.4 Å². The van der Waals surface area contributed by atoms with E-state index in [0.717, 1.165) is 76.3 Å². The fraction of sp³-hybridized carbons (Fsp3) is 0. The lowest BCUT2D eigenvalue weighted by Crippen LogP contribution is -1.98. The van der Waals surface area contributed by atoms with Gasteiger partial charge in [-0.3, -0.25) is 8.80 Å². The van der Waals surface area contributed by atoms with Crippen molar-refractivity contribution in [3.8, 4) is 46.8 Å². The molecule has 0 aliphatic rings. The highest BCUT2D eigenvalue weighted by atomic mass is 15.0. The summed E-state index contributed by atoms with van der Waals surface area (Å²) >= 11 is 0. The van der Waals surface area contributed by atoms with Gasteiger partial charge in [-0.05, 0) is 36.4 Å². The van der Waals surface area contributed by atoms with Crippen molar-refractivity contribution in [3.05, 3.63) is 132 Å². The molecule has 12 rings (SSSR count). The molecule has 0 radical (unpaired) electrons. The van der Waals surface area contributed by atoms with Crippen molar-refractivity contribution in [1.29, 1.82) is 21.0 Å². The van der Waals surface area contributed by atoms with Crippen molar-refractivity contribution in [2.24, 2.45) is 0 Å². The van der Waals surface area contributed by atoms with Gasteiger partial charge in [0.05, 0.1) is 67.8 Å². The zero-order valence-electron chi connectivity index (χ0n) is 28.9. The van der Waals surface area contributed by atoms with Crippen molar-refractivity contribution in [2.75, 3.05) is 0 Å². The summed E-state index contributed by atoms with van der Waals surface area (Å²) in [6.07, 6.45) is 3.13. The van der Waals surface area contributed by atoms with Crippen LogP contribution in [0.1, 0.15) is 22.3 Å². The topological polar surface area (TPSA) is 156 Å². The predicted molar refractivity (Wildman–Crippen MR) is 214 cm³/mol. The standard InChI is InChI=1S/C46H18N10/c47-17-23-11-29-31-15-25(19-49)21-51-45(31)55-41(29)33(13-23)35-39-40(54-38(28-9-5-2-6-10-28)37(53-39)27-7-3-1-4-8-27)36-34-14-24(18-48)12-30-32-16-26(20-50)22-52-46(32)56(42(30)34)44(36)43(35)55/h1-16,21-22H. The van der Waals surface area contributed by atoms with E-state index in [2.05, 4.69) is 33.1 Å². The summed E-state index contributed by atoms with van der Waals surface area (Å²) in [5.74, 6) is 0. The van der Waals surface area contributed by atoms with E-state index in [9.17, 15) is 21.0 Å². The summed E-state index contributed by atoms with van der Waals surface area (Å²) in [7, 11) is 0. The van der Waals surface area contributed by atoms with Gasteiger partial charge in [0.2, 0.25) is 0 Å². The first-order valence-electron chi connectivity index (χ1n) is 17.7. The molecule has 252 valence electrons. The zero-order chi connectivity index (χ0) is 37.4. The van der Waals surface area contributed by atoms with Crippen LogP contribution < -0.4 is 0 Å². The first-order chi connectivity index (χ1) is 27.6. The van der Waals surface area contributed by atoms with E-state index in [4.69, 9.17) is 19.9 Å². The Morgan fingerprint density at radius 3 is 1.18 bits per heavy atom. The van der Waals surface area contributed by atoms with E-state index < -0.39 is 0 Å². The molecule has 0 amide bonds. The minimum absolute atomic E-state index is 0.406. The van der Waals surface area contributed by atoms with Gasteiger partial charge in [0, 0.05) is 66.6 Å². The number of hydrogen-bond acceptors (Lipinski definition) is 8. The van der Waals surface area contributed by atoms with E-state index >= 15 is 0 Å². The highest BCUT2D eigenvalue weighted by Gasteiger charge is 2.31. The molecule has 56 heavy (non-hydrogen) atoms. The molecule has 0 saturated carbocycles. The molecule has 7 aromatic heterocycles. The SMILES string of the molecule is N#Cc1cnc2c(c1)c1cc(C#N)cc3c4c5nc(-c6ccccc6)c(-c6ccccc6)nc5c5c6cc(C#N)cc7c8cc(C#N)cnc8n(c76)c5c4n2c13. The Bertz CT molecular complexity index is 3650. The molecule has 0 aliphatic carbocycles. The van der Waals surface area contributed by atoms with E-state index in [-0.39, 0.29) is 0 Å². The molecule has 0 bridgehead atoms. The fourth-order valence-corrected chi connectivity index (χ4v) is 8.89. The first-order valence-corrected chi connectivity index (χ1v) is 17.7. The number of fused-ring (bicyclic) bond motifs is 16. The molecule has 0 aliphatic heterocycles. The molecule has 0 spiro atoms. The fourth-order valence-electron chi connectivity index (χ4n) is 8.89. The van der Waals surface area contributed by atoms with Crippen LogP contribution in [0.4, 0.5) is 0 Å². The van der Waals surface area contributed by atoms with Gasteiger partial charge in [-0.2, -0.15) is 21.0 Å². The molecule has 10 nitrogen and oxygen atoms in total. The third-order valence-corrected chi connectivity index (χ3v) is 11.1. The maximum atomic E-state index is 10.4. The summed E-state index contributed by atoms with van der Waals surface area (Å²) in [4.78, 5) is 20.9. The van der Waals surface area contributed by atoms with Crippen LogP contribution in [-0.2, 0) is 0 Å². The summed E-state index contributed by atoms with van der Waals surface area (Å²) in [5.41, 5.74) is 10.6. The molecule has 0 unspecified atom stereocenters. The Kier molecular flexibility index (Phi) is 5.57. The average Bonchev–Trinajstić information content (AvgIpc) is 3.99. The highest BCUT2D eigenvalue weighted by Crippen LogP contribution is 2.50. The number of benzene rings is 5. The second-order valence-corrected chi connectivity index (χ2v) is 13.9. The molecule has 10 heteroatoms. The van der Waals surface area contributed by atoms with Gasteiger partial charge in [-0.1, -0.05) is 60.7 Å². The van der Waals surface area contributed by atoms with Crippen LogP contribution in [-0.4, -0.2) is 28.7 Å². The Morgan fingerprint density at radius 1 is 0.411 bits per heavy atom. The van der Waals surface area contributed by atoms with Gasteiger partial charge in [0.15, 0.2) is 0 Å². The van der Waals surface area contributed by atoms with Crippen molar-refractivity contribution in [3.63, 3.8) is 0 Å². The van der Waals surface area contributed by atoms with Crippen molar-refractivity contribution >= 4 is 87.5 Å². The average molecular weight is 711 g/mol. The van der Waals surface area contributed by atoms with Gasteiger partial charge in [-0.15, -0.1) is 0 Å². The van der Waals surface area contributed by atoms with Gasteiger partial charge in [0.25, 0.3) is 0 Å². The maximum Gasteiger partial charge on any atom is 0.145 e. The molecule has 5 aromatic carbocycles. The molecule has 12 aromatic rings. The van der Waals surface area contributed by atoms with Gasteiger partial charge >= 0.3 is 0 Å². The van der Waals surface area contributed by atoms with Crippen LogP contribution in [0.2, 0.25) is 0 Å². The smallest absolute Gasteiger partial charge is 0.145 e. The van der Waals surface area contributed by atoms with Crippen LogP contribution in [0, 0.1) is 45.3 Å². The third kappa shape index (κ3) is 3.59. The van der Waals surface area contributed by atoms with Crippen LogP contribution >= 0.6 is 0 Å². The molecule has 0 saturated heterocycles. The van der Waals surface area contributed by atoms with Crippen LogP contribution in [0.15, 0.2) is 109 Å². The Balaban J connectivity index is 1.46. The lowest BCUT2D eigenvalue weighted by atomic mass is 9.99. The molecule has 0 atom stereocenters.